The lowest BCUT2D eigenvalue weighted by molar-refractivity contribution is -0.667. The fourth-order valence-electron chi connectivity index (χ4n) is 3.62. The molecule has 0 amide bonds. The third kappa shape index (κ3) is 5.28. The summed E-state index contributed by atoms with van der Waals surface area (Å²) in [4.78, 5) is 40.6. The number of nitrogens with one attached hydrogen (secondary N) is 1. The highest BCUT2D eigenvalue weighted by molar-refractivity contribution is 6.30. The summed E-state index contributed by atoms with van der Waals surface area (Å²) in [7, 11) is 1.41. The third-order valence-corrected chi connectivity index (χ3v) is 5.41. The van der Waals surface area contributed by atoms with Crippen molar-refractivity contribution < 1.29 is 32.0 Å². The van der Waals surface area contributed by atoms with Crippen molar-refractivity contribution in [2.24, 2.45) is 7.05 Å². The maximum Gasteiger partial charge on any atom is 0.573 e. The molecule has 2 aromatic heterocycles. The van der Waals surface area contributed by atoms with Gasteiger partial charge in [-0.1, -0.05) is 29.8 Å². The lowest BCUT2D eigenvalue weighted by Crippen LogP contribution is -2.46. The monoisotopic (exact) mass is 523 g/mol. The smallest absolute Gasteiger partial charge is 0.406 e. The molecular formula is C23H19ClF3N4O5+. The first-order chi connectivity index (χ1) is 16.9. The van der Waals surface area contributed by atoms with E-state index in [1.165, 1.54) is 30.7 Å². The number of benzene rings is 2. The Morgan fingerprint density at radius 2 is 1.78 bits per heavy atom. The fraction of sp³-hybridized carbons (Fsp3) is 0.217. The highest BCUT2D eigenvalue weighted by Gasteiger charge is 2.32. The van der Waals surface area contributed by atoms with E-state index >= 15 is 0 Å². The van der Waals surface area contributed by atoms with Gasteiger partial charge in [-0.3, -0.25) is 14.2 Å². The SMILES string of the molecule is CC(=O)Cn1c(=O)c2c([nH]c(Oc3cccc(OC(F)(F)F)c3)[n+]2Cc2ccc(Cl)cc2)n(C)c1=O. The molecule has 0 saturated carbocycles. The van der Waals surface area contributed by atoms with E-state index in [2.05, 4.69) is 9.72 Å². The highest BCUT2D eigenvalue weighted by Crippen LogP contribution is 2.28. The van der Waals surface area contributed by atoms with E-state index in [0.717, 1.165) is 21.3 Å². The number of aromatic amines is 1. The summed E-state index contributed by atoms with van der Waals surface area (Å²) in [6.45, 7) is 0.888. The molecule has 2 heterocycles. The normalized spacial score (nSPS) is 11.6. The summed E-state index contributed by atoms with van der Waals surface area (Å²) in [5, 5.41) is 0.492. The summed E-state index contributed by atoms with van der Waals surface area (Å²) in [6.07, 6.45) is -4.89. The van der Waals surface area contributed by atoms with Crippen molar-refractivity contribution in [3.05, 3.63) is 80.0 Å². The molecule has 0 atom stereocenters. The Labute approximate surface area is 205 Å². The van der Waals surface area contributed by atoms with E-state index in [4.69, 9.17) is 16.3 Å². The lowest BCUT2D eigenvalue weighted by atomic mass is 10.2. The van der Waals surface area contributed by atoms with Gasteiger partial charge in [-0.25, -0.2) is 9.36 Å². The number of alkyl halides is 3. The summed E-state index contributed by atoms with van der Waals surface area (Å²) < 4.78 is 51.1. The van der Waals surface area contributed by atoms with Crippen LogP contribution in [0.15, 0.2) is 58.1 Å². The first-order valence-electron chi connectivity index (χ1n) is 10.5. The number of nitrogens with zero attached hydrogens (tertiary/aromatic N) is 3. The molecule has 0 fully saturated rings. The standard InChI is InChI=1S/C23H18ClF3N4O5/c1-13(32)11-31-20(33)18-19(29(2)22(31)34)28-21(30(18)12-14-6-8-15(24)9-7-14)35-16-4-3-5-17(10-16)36-23(25,26)27/h3-10H,11-12H2,1-2H3/p+1. The Bertz CT molecular complexity index is 1570. The minimum Gasteiger partial charge on any atom is -0.406 e. The summed E-state index contributed by atoms with van der Waals surface area (Å²) >= 11 is 5.97. The number of carbonyl (C=O) groups excluding carboxylic acids is 1. The van der Waals surface area contributed by atoms with Crippen LogP contribution in [-0.4, -0.2) is 26.3 Å². The van der Waals surface area contributed by atoms with Gasteiger partial charge in [0.05, 0.1) is 6.54 Å². The van der Waals surface area contributed by atoms with Crippen molar-refractivity contribution in [2.75, 3.05) is 0 Å². The Morgan fingerprint density at radius 1 is 1.11 bits per heavy atom. The van der Waals surface area contributed by atoms with Crippen LogP contribution < -0.4 is 25.3 Å². The Hall–Kier alpha value is -4.06. The number of hydrogen-bond acceptors (Lipinski definition) is 5. The van der Waals surface area contributed by atoms with E-state index in [0.29, 0.717) is 10.6 Å². The number of ether oxygens (including phenoxy) is 2. The fourth-order valence-corrected chi connectivity index (χ4v) is 3.75. The Balaban J connectivity index is 1.89. The number of H-pyrrole nitrogens is 1. The minimum atomic E-state index is -4.89. The number of Topliss-reactive ketones (excluding diaryl/α,β-unsaturated/α-hetero) is 1. The average Bonchev–Trinajstić information content (AvgIpc) is 3.13. The number of imidazole rings is 1. The maximum absolute atomic E-state index is 13.3. The molecule has 1 N–H and O–H groups in total. The second-order valence-electron chi connectivity index (χ2n) is 7.90. The zero-order chi connectivity index (χ0) is 26.2. The van der Waals surface area contributed by atoms with E-state index in [1.54, 1.807) is 24.3 Å². The number of fused-ring (bicyclic) bond motifs is 1. The molecule has 0 aliphatic heterocycles. The first kappa shape index (κ1) is 25.0. The zero-order valence-electron chi connectivity index (χ0n) is 18.9. The van der Waals surface area contributed by atoms with Gasteiger partial charge in [-0.05, 0) is 36.8 Å². The van der Waals surface area contributed by atoms with E-state index in [1.807, 2.05) is 0 Å². The topological polar surface area (TPSA) is 99.2 Å². The van der Waals surface area contributed by atoms with E-state index in [-0.39, 0.29) is 29.5 Å². The molecule has 0 spiro atoms. The van der Waals surface area contributed by atoms with Crippen molar-refractivity contribution in [1.29, 1.82) is 0 Å². The number of halogens is 4. The van der Waals surface area contributed by atoms with Gasteiger partial charge in [0.1, 0.15) is 23.8 Å². The molecule has 4 rings (SSSR count). The van der Waals surface area contributed by atoms with Crippen molar-refractivity contribution in [3.8, 4) is 17.5 Å². The number of carbonyl (C=O) groups is 1. The molecule has 0 aliphatic rings. The molecule has 13 heteroatoms. The summed E-state index contributed by atoms with van der Waals surface area (Å²) in [6, 6.07) is 11.5. The molecule has 9 nitrogen and oxygen atoms in total. The zero-order valence-corrected chi connectivity index (χ0v) is 19.7. The molecule has 188 valence electrons. The van der Waals surface area contributed by atoms with Crippen LogP contribution in [0.2, 0.25) is 5.02 Å². The first-order valence-corrected chi connectivity index (χ1v) is 10.8. The quantitative estimate of drug-likeness (QED) is 0.375. The van der Waals surface area contributed by atoms with Gasteiger partial charge < -0.3 is 9.47 Å². The van der Waals surface area contributed by atoms with Crippen molar-refractivity contribution in [3.63, 3.8) is 0 Å². The van der Waals surface area contributed by atoms with Crippen LogP contribution in [0.4, 0.5) is 13.2 Å². The lowest BCUT2D eigenvalue weighted by Gasteiger charge is -2.09. The predicted octanol–water partition coefficient (Wildman–Crippen LogP) is 3.30. The van der Waals surface area contributed by atoms with Crippen LogP contribution >= 0.6 is 11.6 Å². The number of ketones is 1. The minimum absolute atomic E-state index is 0.0194. The van der Waals surface area contributed by atoms with Crippen molar-refractivity contribution in [1.82, 2.24) is 14.1 Å². The molecule has 0 saturated heterocycles. The van der Waals surface area contributed by atoms with Crippen molar-refractivity contribution >= 4 is 28.5 Å². The van der Waals surface area contributed by atoms with Gasteiger partial charge in [-0.2, -0.15) is 9.55 Å². The third-order valence-electron chi connectivity index (χ3n) is 5.15. The van der Waals surface area contributed by atoms with E-state index in [9.17, 15) is 27.6 Å². The van der Waals surface area contributed by atoms with Gasteiger partial charge in [-0.15, -0.1) is 13.2 Å². The van der Waals surface area contributed by atoms with E-state index < -0.39 is 35.7 Å². The number of aryl methyl sites for hydroxylation is 1. The largest absolute Gasteiger partial charge is 0.573 e. The molecule has 4 aromatic rings. The highest BCUT2D eigenvalue weighted by atomic mass is 35.5. The van der Waals surface area contributed by atoms with Gasteiger partial charge in [0.2, 0.25) is 0 Å². The second-order valence-corrected chi connectivity index (χ2v) is 8.34. The van der Waals surface area contributed by atoms with Crippen LogP contribution in [0, 0.1) is 0 Å². The predicted molar refractivity (Wildman–Crippen MR) is 122 cm³/mol. The number of aromatic nitrogens is 4. The maximum atomic E-state index is 13.3. The summed E-state index contributed by atoms with van der Waals surface area (Å²) in [5.74, 6) is -0.926. The van der Waals surface area contributed by atoms with Crippen molar-refractivity contribution in [2.45, 2.75) is 26.4 Å². The molecular weight excluding hydrogens is 505 g/mol. The molecule has 0 bridgehead atoms. The molecule has 0 aliphatic carbocycles. The molecule has 0 radical (unpaired) electrons. The summed E-state index contributed by atoms with van der Waals surface area (Å²) in [5.41, 5.74) is -0.648. The van der Waals surface area contributed by atoms with Crippen LogP contribution in [0.1, 0.15) is 12.5 Å². The molecule has 36 heavy (non-hydrogen) atoms. The van der Waals surface area contributed by atoms with Crippen LogP contribution in [0.3, 0.4) is 0 Å². The average molecular weight is 524 g/mol. The van der Waals surface area contributed by atoms with Crippen LogP contribution in [0.5, 0.6) is 17.5 Å². The number of rotatable bonds is 7. The molecule has 2 aromatic carbocycles. The van der Waals surface area contributed by atoms with Gasteiger partial charge in [0.25, 0.3) is 11.2 Å². The second kappa shape index (κ2) is 9.53. The van der Waals surface area contributed by atoms with Gasteiger partial charge in [0, 0.05) is 18.1 Å². The van der Waals surface area contributed by atoms with Gasteiger partial charge in [0.15, 0.2) is 0 Å². The van der Waals surface area contributed by atoms with Gasteiger partial charge >= 0.3 is 23.6 Å². The number of hydrogen-bond donors (Lipinski definition) is 1. The Morgan fingerprint density at radius 3 is 2.42 bits per heavy atom. The van der Waals surface area contributed by atoms with Crippen LogP contribution in [-0.2, 0) is 24.9 Å². The molecule has 0 unspecified atom stereocenters. The van der Waals surface area contributed by atoms with Crippen LogP contribution in [0.25, 0.3) is 11.2 Å². The Kier molecular flexibility index (Phi) is 6.63.